The number of anilines is 1. The Labute approximate surface area is 193 Å². The van der Waals surface area contributed by atoms with Gasteiger partial charge in [-0.2, -0.15) is 4.98 Å². The second kappa shape index (κ2) is 9.27. The lowest BCUT2D eigenvalue weighted by molar-refractivity contribution is -0.122. The van der Waals surface area contributed by atoms with Crippen molar-refractivity contribution in [1.29, 1.82) is 0 Å². The van der Waals surface area contributed by atoms with Gasteiger partial charge in [-0.1, -0.05) is 17.7 Å². The molecule has 33 heavy (non-hydrogen) atoms. The number of hydrogen-bond acceptors (Lipinski definition) is 7. The minimum atomic E-state index is -3.93. The van der Waals surface area contributed by atoms with Crippen molar-refractivity contribution >= 4 is 21.6 Å². The molecule has 0 saturated carbocycles. The molecule has 0 radical (unpaired) electrons. The first-order valence-corrected chi connectivity index (χ1v) is 12.4. The van der Waals surface area contributed by atoms with Gasteiger partial charge >= 0.3 is 0 Å². The molecule has 1 aliphatic rings. The Bertz CT molecular complexity index is 1230. The van der Waals surface area contributed by atoms with Crippen molar-refractivity contribution in [3.8, 4) is 17.2 Å². The lowest BCUT2D eigenvalue weighted by Crippen LogP contribution is -2.38. The zero-order valence-electron chi connectivity index (χ0n) is 18.7. The number of aromatic nitrogens is 1. The normalized spacial score (nSPS) is 14.9. The van der Waals surface area contributed by atoms with Crippen LogP contribution in [-0.2, 0) is 14.6 Å². The molecule has 0 atom stereocenters. The summed E-state index contributed by atoms with van der Waals surface area (Å²) in [5, 5.41) is -0.132. The van der Waals surface area contributed by atoms with Gasteiger partial charge in [0, 0.05) is 24.6 Å². The number of rotatable bonds is 7. The van der Waals surface area contributed by atoms with E-state index < -0.39 is 9.84 Å². The number of piperidine rings is 1. The fraction of sp³-hybridized carbons (Fsp3) is 0.333. The van der Waals surface area contributed by atoms with Gasteiger partial charge < -0.3 is 19.8 Å². The molecule has 0 bridgehead atoms. The number of oxazole rings is 1. The highest BCUT2D eigenvalue weighted by Gasteiger charge is 2.34. The summed E-state index contributed by atoms with van der Waals surface area (Å²) in [6.45, 7) is 5.23. The molecule has 174 valence electrons. The van der Waals surface area contributed by atoms with E-state index in [1.54, 1.807) is 48.5 Å². The Morgan fingerprint density at radius 3 is 2.33 bits per heavy atom. The molecule has 1 fully saturated rings. The number of aryl methyl sites for hydroxylation is 1. The number of benzene rings is 2. The summed E-state index contributed by atoms with van der Waals surface area (Å²) in [6, 6.07) is 13.8. The first kappa shape index (κ1) is 22.8. The molecule has 4 rings (SSSR count). The number of primary amides is 1. The van der Waals surface area contributed by atoms with Crippen molar-refractivity contribution in [1.82, 2.24) is 4.98 Å². The highest BCUT2D eigenvalue weighted by molar-refractivity contribution is 7.91. The average molecular weight is 470 g/mol. The number of ether oxygens (including phenoxy) is 1. The van der Waals surface area contributed by atoms with Crippen LogP contribution in [0.1, 0.15) is 25.3 Å². The maximum atomic E-state index is 13.5. The first-order valence-electron chi connectivity index (χ1n) is 10.9. The summed E-state index contributed by atoms with van der Waals surface area (Å²) in [7, 11) is -3.93. The van der Waals surface area contributed by atoms with E-state index in [1.807, 2.05) is 18.7 Å². The lowest BCUT2D eigenvalue weighted by atomic mass is 9.96. The predicted molar refractivity (Wildman–Crippen MR) is 124 cm³/mol. The molecule has 2 N–H and O–H groups in total. The molecule has 2 heterocycles. The van der Waals surface area contributed by atoms with E-state index in [9.17, 15) is 13.2 Å². The quantitative estimate of drug-likeness (QED) is 0.562. The maximum Gasteiger partial charge on any atom is 0.236 e. The van der Waals surface area contributed by atoms with Gasteiger partial charge in [0.15, 0.2) is 0 Å². The number of carbonyl (C=O) groups excluding carboxylic acids is 1. The van der Waals surface area contributed by atoms with Crippen LogP contribution in [0.25, 0.3) is 11.5 Å². The second-order valence-electron chi connectivity index (χ2n) is 8.07. The van der Waals surface area contributed by atoms with Gasteiger partial charge in [-0.3, -0.25) is 4.79 Å². The summed E-state index contributed by atoms with van der Waals surface area (Å²) in [6.07, 6.45) is 1.05. The number of nitrogens with two attached hydrogens (primary N) is 1. The lowest BCUT2D eigenvalue weighted by Gasteiger charge is -2.30. The smallest absolute Gasteiger partial charge is 0.236 e. The summed E-state index contributed by atoms with van der Waals surface area (Å²) in [4.78, 5) is 18.0. The van der Waals surface area contributed by atoms with Gasteiger partial charge in [0.2, 0.25) is 32.5 Å². The van der Waals surface area contributed by atoms with E-state index in [2.05, 4.69) is 4.98 Å². The van der Waals surface area contributed by atoms with Crippen LogP contribution in [0.4, 0.5) is 5.88 Å². The Morgan fingerprint density at radius 2 is 1.76 bits per heavy atom. The zero-order chi connectivity index (χ0) is 23.6. The number of carbonyl (C=O) groups is 1. The van der Waals surface area contributed by atoms with Gasteiger partial charge in [-0.15, -0.1) is 0 Å². The molecular formula is C24H27N3O5S. The molecule has 1 aliphatic heterocycles. The highest BCUT2D eigenvalue weighted by Crippen LogP contribution is 2.36. The van der Waals surface area contributed by atoms with Crippen LogP contribution in [-0.4, -0.2) is 39.0 Å². The summed E-state index contributed by atoms with van der Waals surface area (Å²) < 4.78 is 38.6. The van der Waals surface area contributed by atoms with E-state index in [0.29, 0.717) is 43.9 Å². The Kier molecular flexibility index (Phi) is 6.42. The third-order valence-electron chi connectivity index (χ3n) is 5.76. The van der Waals surface area contributed by atoms with E-state index in [1.165, 1.54) is 0 Å². The minimum absolute atomic E-state index is 0.132. The standard InChI is InChI=1S/C24H27N3O5S/c1-3-31-19-8-6-18(7-9-19)22-26-23(33(29,30)20-10-4-16(2)5-11-20)24(32-22)27-14-12-17(13-15-27)21(25)28/h4-11,17H,3,12-15H2,1-2H3,(H2,25,28). The average Bonchev–Trinajstić information content (AvgIpc) is 3.27. The molecule has 0 aliphatic carbocycles. The van der Waals surface area contributed by atoms with Crippen LogP contribution >= 0.6 is 0 Å². The molecule has 0 spiro atoms. The number of sulfone groups is 1. The molecule has 9 heteroatoms. The van der Waals surface area contributed by atoms with Crippen LogP contribution in [0.15, 0.2) is 62.9 Å². The first-order chi connectivity index (χ1) is 15.8. The number of nitrogens with zero attached hydrogens (tertiary/aromatic N) is 2. The molecule has 3 aromatic rings. The van der Waals surface area contributed by atoms with Crippen LogP contribution in [0.3, 0.4) is 0 Å². The third kappa shape index (κ3) is 4.73. The molecule has 8 nitrogen and oxygen atoms in total. The van der Waals surface area contributed by atoms with Gasteiger partial charge in [0.05, 0.1) is 11.5 Å². The van der Waals surface area contributed by atoms with Crippen molar-refractivity contribution in [3.05, 3.63) is 54.1 Å². The molecule has 2 aromatic carbocycles. The van der Waals surface area contributed by atoms with Crippen molar-refractivity contribution in [2.45, 2.75) is 36.6 Å². The van der Waals surface area contributed by atoms with Gasteiger partial charge in [0.1, 0.15) is 5.75 Å². The molecular weight excluding hydrogens is 442 g/mol. The SMILES string of the molecule is CCOc1ccc(-c2nc(S(=O)(=O)c3ccc(C)cc3)c(N3CCC(C(N)=O)CC3)o2)cc1. The Balaban J connectivity index is 1.75. The highest BCUT2D eigenvalue weighted by atomic mass is 32.2. The second-order valence-corrected chi connectivity index (χ2v) is 9.93. The van der Waals surface area contributed by atoms with Crippen LogP contribution in [0, 0.1) is 12.8 Å². The van der Waals surface area contributed by atoms with Crippen LogP contribution < -0.4 is 15.4 Å². The van der Waals surface area contributed by atoms with Gasteiger partial charge in [-0.25, -0.2) is 8.42 Å². The van der Waals surface area contributed by atoms with Crippen molar-refractivity contribution in [3.63, 3.8) is 0 Å². The Morgan fingerprint density at radius 1 is 1.12 bits per heavy atom. The number of hydrogen-bond donors (Lipinski definition) is 1. The van der Waals surface area contributed by atoms with Crippen molar-refractivity contribution in [2.75, 3.05) is 24.6 Å². The zero-order valence-corrected chi connectivity index (χ0v) is 19.5. The number of amides is 1. The largest absolute Gasteiger partial charge is 0.494 e. The van der Waals surface area contributed by atoms with Crippen LogP contribution in [0.2, 0.25) is 0 Å². The molecule has 1 saturated heterocycles. The van der Waals surface area contributed by atoms with Gasteiger partial charge in [0.25, 0.3) is 0 Å². The summed E-state index contributed by atoms with van der Waals surface area (Å²) >= 11 is 0. The maximum absolute atomic E-state index is 13.5. The Hall–Kier alpha value is -3.33. The van der Waals surface area contributed by atoms with Crippen molar-refractivity contribution in [2.24, 2.45) is 11.7 Å². The molecule has 1 amide bonds. The van der Waals surface area contributed by atoms with Crippen LogP contribution in [0.5, 0.6) is 5.75 Å². The van der Waals surface area contributed by atoms with Crippen molar-refractivity contribution < 1.29 is 22.4 Å². The van der Waals surface area contributed by atoms with E-state index in [0.717, 1.165) is 5.56 Å². The van der Waals surface area contributed by atoms with E-state index in [-0.39, 0.29) is 33.5 Å². The fourth-order valence-corrected chi connectivity index (χ4v) is 5.17. The van der Waals surface area contributed by atoms with E-state index in [4.69, 9.17) is 14.9 Å². The topological polar surface area (TPSA) is 116 Å². The summed E-state index contributed by atoms with van der Waals surface area (Å²) in [5.41, 5.74) is 7.05. The fourth-order valence-electron chi connectivity index (χ4n) is 3.85. The van der Waals surface area contributed by atoms with Gasteiger partial charge in [-0.05, 0) is 63.1 Å². The minimum Gasteiger partial charge on any atom is -0.494 e. The molecule has 1 aromatic heterocycles. The molecule has 0 unspecified atom stereocenters. The summed E-state index contributed by atoms with van der Waals surface area (Å²) in [5.74, 6) is 0.522. The third-order valence-corrected chi connectivity index (χ3v) is 7.43. The predicted octanol–water partition coefficient (Wildman–Crippen LogP) is 3.58. The van der Waals surface area contributed by atoms with E-state index >= 15 is 0 Å². The monoisotopic (exact) mass is 469 g/mol.